The Kier molecular flexibility index (Phi) is 45.1. The summed E-state index contributed by atoms with van der Waals surface area (Å²) in [5, 5.41) is 0. The number of allylic oxidation sites excluding steroid dienone is 18. The minimum absolute atomic E-state index is 0.0243. The van der Waals surface area contributed by atoms with Crippen LogP contribution in [-0.2, 0) is 23.8 Å². The molecule has 58 heavy (non-hydrogen) atoms. The zero-order valence-electron chi connectivity index (χ0n) is 37.5. The molecule has 0 bridgehead atoms. The molecule has 0 aromatic carbocycles. The number of hydrogen-bond donors (Lipinski definition) is 0. The molecule has 0 saturated heterocycles. The van der Waals surface area contributed by atoms with E-state index < -0.39 is 6.10 Å². The van der Waals surface area contributed by atoms with Gasteiger partial charge in [-0.1, -0.05) is 182 Å². The Bertz CT molecular complexity index is 1180. The number of rotatable bonds is 41. The standard InChI is InChI=1S/C53H86O5/c1-4-7-10-13-16-19-22-25-27-29-31-34-37-40-43-46-52(54)57-50-51(49-56-48-45-42-39-36-33-30-26-23-20-17-14-11-8-5-2)58-53(55)47-44-41-38-35-32-28-24-21-18-15-12-9-6-3/h8-9,11-12,17-18,20-21,25-28,30,32,36,38-39,41,51H,4-7,10,13-16,19,22-24,29,31,33-35,37,40,42-50H2,1-3H3/b11-8-,12-9-,20-17-,21-18-,27-25-,30-26-,32-28-,39-36-,41-38-. The normalized spacial score (nSPS) is 13.2. The van der Waals surface area contributed by atoms with Crippen molar-refractivity contribution in [1.29, 1.82) is 0 Å². The van der Waals surface area contributed by atoms with E-state index in [1.54, 1.807) is 0 Å². The molecule has 0 rings (SSSR count). The van der Waals surface area contributed by atoms with Gasteiger partial charge in [-0.25, -0.2) is 0 Å². The summed E-state index contributed by atoms with van der Waals surface area (Å²) >= 11 is 0. The van der Waals surface area contributed by atoms with E-state index in [-0.39, 0.29) is 31.6 Å². The van der Waals surface area contributed by atoms with E-state index in [1.807, 2.05) is 6.08 Å². The summed E-state index contributed by atoms with van der Waals surface area (Å²) in [7, 11) is 0. The second-order valence-electron chi connectivity index (χ2n) is 14.9. The van der Waals surface area contributed by atoms with Gasteiger partial charge in [0.25, 0.3) is 0 Å². The van der Waals surface area contributed by atoms with Crippen molar-refractivity contribution >= 4 is 11.9 Å². The van der Waals surface area contributed by atoms with E-state index in [4.69, 9.17) is 14.2 Å². The topological polar surface area (TPSA) is 61.8 Å². The summed E-state index contributed by atoms with van der Waals surface area (Å²) < 4.78 is 17.2. The Morgan fingerprint density at radius 3 is 1.33 bits per heavy atom. The van der Waals surface area contributed by atoms with Gasteiger partial charge in [0, 0.05) is 19.4 Å². The third kappa shape index (κ3) is 45.3. The number of carbonyl (C=O) groups is 2. The predicted octanol–water partition coefficient (Wildman–Crippen LogP) is 15.7. The van der Waals surface area contributed by atoms with Gasteiger partial charge in [-0.3, -0.25) is 9.59 Å². The minimum Gasteiger partial charge on any atom is -0.462 e. The summed E-state index contributed by atoms with van der Waals surface area (Å²) in [5.41, 5.74) is 0. The van der Waals surface area contributed by atoms with Crippen molar-refractivity contribution in [2.45, 2.75) is 194 Å². The van der Waals surface area contributed by atoms with Crippen LogP contribution in [0.4, 0.5) is 0 Å². The Hall–Kier alpha value is -3.44. The van der Waals surface area contributed by atoms with Crippen LogP contribution in [0.2, 0.25) is 0 Å². The fourth-order valence-electron chi connectivity index (χ4n) is 5.87. The van der Waals surface area contributed by atoms with Gasteiger partial charge >= 0.3 is 11.9 Å². The van der Waals surface area contributed by atoms with Gasteiger partial charge in [-0.05, 0) is 103 Å². The van der Waals surface area contributed by atoms with Crippen LogP contribution in [0, 0.1) is 0 Å². The van der Waals surface area contributed by atoms with Crippen LogP contribution >= 0.6 is 0 Å². The predicted molar refractivity (Wildman–Crippen MR) is 251 cm³/mol. The van der Waals surface area contributed by atoms with Gasteiger partial charge in [0.2, 0.25) is 0 Å². The van der Waals surface area contributed by atoms with Crippen molar-refractivity contribution in [1.82, 2.24) is 0 Å². The molecule has 0 aliphatic carbocycles. The molecule has 328 valence electrons. The maximum atomic E-state index is 12.7. The number of ether oxygens (including phenoxy) is 3. The molecule has 0 fully saturated rings. The zero-order valence-corrected chi connectivity index (χ0v) is 37.5. The molecule has 0 N–H and O–H groups in total. The fourth-order valence-corrected chi connectivity index (χ4v) is 5.87. The first-order chi connectivity index (χ1) is 28.6. The van der Waals surface area contributed by atoms with Gasteiger partial charge in [-0.15, -0.1) is 0 Å². The van der Waals surface area contributed by atoms with Crippen LogP contribution in [0.5, 0.6) is 0 Å². The summed E-state index contributed by atoms with van der Waals surface area (Å²) in [5.74, 6) is -0.540. The highest BCUT2D eigenvalue weighted by atomic mass is 16.6. The van der Waals surface area contributed by atoms with Gasteiger partial charge in [-0.2, -0.15) is 0 Å². The molecule has 0 saturated carbocycles. The van der Waals surface area contributed by atoms with Crippen LogP contribution in [0.3, 0.4) is 0 Å². The lowest BCUT2D eigenvalue weighted by Gasteiger charge is -2.18. The van der Waals surface area contributed by atoms with Crippen LogP contribution in [0.25, 0.3) is 0 Å². The fraction of sp³-hybridized carbons (Fsp3) is 0.623. The molecule has 0 heterocycles. The van der Waals surface area contributed by atoms with Crippen LogP contribution < -0.4 is 0 Å². The number of unbranched alkanes of at least 4 members (excludes halogenated alkanes) is 12. The highest BCUT2D eigenvalue weighted by Crippen LogP contribution is 2.11. The van der Waals surface area contributed by atoms with Crippen molar-refractivity contribution in [2.75, 3.05) is 19.8 Å². The van der Waals surface area contributed by atoms with Crippen molar-refractivity contribution in [3.63, 3.8) is 0 Å². The molecular formula is C53H86O5. The highest BCUT2D eigenvalue weighted by molar-refractivity contribution is 5.70. The van der Waals surface area contributed by atoms with Crippen LogP contribution in [-0.4, -0.2) is 37.9 Å². The lowest BCUT2D eigenvalue weighted by Crippen LogP contribution is -2.30. The molecule has 0 aromatic rings. The molecule has 0 spiro atoms. The molecular weight excluding hydrogens is 717 g/mol. The number of carbonyl (C=O) groups excluding carboxylic acids is 2. The maximum absolute atomic E-state index is 12.7. The average molecular weight is 803 g/mol. The zero-order chi connectivity index (χ0) is 42.1. The Balaban J connectivity index is 4.47. The molecule has 1 unspecified atom stereocenters. The second kappa shape index (κ2) is 47.9. The van der Waals surface area contributed by atoms with E-state index in [9.17, 15) is 9.59 Å². The van der Waals surface area contributed by atoms with Crippen molar-refractivity contribution in [3.05, 3.63) is 109 Å². The van der Waals surface area contributed by atoms with Crippen LogP contribution in [0.15, 0.2) is 109 Å². The smallest absolute Gasteiger partial charge is 0.306 e. The summed E-state index contributed by atoms with van der Waals surface area (Å²) in [6.45, 7) is 7.34. The molecule has 0 aliphatic heterocycles. The van der Waals surface area contributed by atoms with Gasteiger partial charge < -0.3 is 14.2 Å². The molecule has 0 amide bonds. The lowest BCUT2D eigenvalue weighted by molar-refractivity contribution is -0.162. The first kappa shape index (κ1) is 54.6. The summed E-state index contributed by atoms with van der Waals surface area (Å²) in [4.78, 5) is 25.2. The first-order valence-electron chi connectivity index (χ1n) is 23.4. The quantitative estimate of drug-likeness (QED) is 0.0350. The SMILES string of the molecule is CC/C=C\C/C=C\C/C=C\C/C=C\CCCOCC(COC(=O)CCCCCCC/C=C\CCCCCCCC)OC(=O)CC/C=C\C/C=C\C/C=C\C/C=C\CC. The maximum Gasteiger partial charge on any atom is 0.306 e. The third-order valence-corrected chi connectivity index (χ3v) is 9.29. The molecule has 0 radical (unpaired) electrons. The Morgan fingerprint density at radius 1 is 0.397 bits per heavy atom. The van der Waals surface area contributed by atoms with Crippen molar-refractivity contribution < 1.29 is 23.8 Å². The molecule has 5 nitrogen and oxygen atoms in total. The Morgan fingerprint density at radius 2 is 0.810 bits per heavy atom. The highest BCUT2D eigenvalue weighted by Gasteiger charge is 2.17. The van der Waals surface area contributed by atoms with Crippen LogP contribution in [0.1, 0.15) is 188 Å². The molecule has 0 aliphatic rings. The van der Waals surface area contributed by atoms with E-state index in [0.29, 0.717) is 19.4 Å². The molecule has 0 aromatic heterocycles. The van der Waals surface area contributed by atoms with Gasteiger partial charge in [0.15, 0.2) is 6.10 Å². The largest absolute Gasteiger partial charge is 0.462 e. The first-order valence-corrected chi connectivity index (χ1v) is 23.4. The third-order valence-electron chi connectivity index (χ3n) is 9.29. The average Bonchev–Trinajstić information content (AvgIpc) is 3.22. The molecule has 1 atom stereocenters. The second-order valence-corrected chi connectivity index (χ2v) is 14.9. The van der Waals surface area contributed by atoms with Gasteiger partial charge in [0.1, 0.15) is 6.61 Å². The lowest BCUT2D eigenvalue weighted by atomic mass is 10.1. The molecule has 5 heteroatoms. The minimum atomic E-state index is -0.611. The monoisotopic (exact) mass is 803 g/mol. The van der Waals surface area contributed by atoms with E-state index in [2.05, 4.69) is 124 Å². The van der Waals surface area contributed by atoms with E-state index in [1.165, 1.54) is 57.8 Å². The summed E-state index contributed by atoms with van der Waals surface area (Å²) in [6.07, 6.45) is 65.4. The summed E-state index contributed by atoms with van der Waals surface area (Å²) in [6, 6.07) is 0. The van der Waals surface area contributed by atoms with E-state index in [0.717, 1.165) is 89.9 Å². The van der Waals surface area contributed by atoms with Crippen molar-refractivity contribution in [2.24, 2.45) is 0 Å². The van der Waals surface area contributed by atoms with E-state index >= 15 is 0 Å². The van der Waals surface area contributed by atoms with Crippen molar-refractivity contribution in [3.8, 4) is 0 Å². The Labute approximate surface area is 357 Å². The van der Waals surface area contributed by atoms with Gasteiger partial charge in [0.05, 0.1) is 6.61 Å². The number of hydrogen-bond acceptors (Lipinski definition) is 5. The number of esters is 2.